The summed E-state index contributed by atoms with van der Waals surface area (Å²) in [7, 11) is 1.57. The van der Waals surface area contributed by atoms with Crippen molar-refractivity contribution in [2.24, 2.45) is 0 Å². The number of furan rings is 1. The van der Waals surface area contributed by atoms with Crippen LogP contribution in [-0.2, 0) is 12.7 Å². The highest BCUT2D eigenvalue weighted by molar-refractivity contribution is 7.71. The second kappa shape index (κ2) is 8.31. The second-order valence-corrected chi connectivity index (χ2v) is 6.95. The molecule has 2 aromatic heterocycles. The van der Waals surface area contributed by atoms with E-state index in [0.717, 1.165) is 17.7 Å². The van der Waals surface area contributed by atoms with Crippen LogP contribution in [-0.4, -0.2) is 22.0 Å². The Morgan fingerprint density at radius 3 is 2.71 bits per heavy atom. The molecule has 0 aliphatic rings. The summed E-state index contributed by atoms with van der Waals surface area (Å²) < 4.78 is 51.9. The quantitative estimate of drug-likeness (QED) is 0.375. The molecular formula is C21H17F3N4O2S. The topological polar surface area (TPSA) is 68.0 Å². The largest absolute Gasteiger partial charge is 0.496 e. The highest BCUT2D eigenvalue weighted by Gasteiger charge is 2.30. The third-order valence-corrected chi connectivity index (χ3v) is 4.84. The molecular weight excluding hydrogens is 429 g/mol. The molecule has 160 valence electrons. The standard InChI is InChI=1S/C21H17F3N4O2S/c1-29-18-8-3-2-7-16(18)19-26-27-20(31)28(19)25-12-15-9-10-17(30-15)13-5-4-6-14(11-13)21(22,23)24/h2-11,25H,12H2,1H3,(H,27,31). The van der Waals surface area contributed by atoms with Gasteiger partial charge in [-0.15, -0.1) is 0 Å². The van der Waals surface area contributed by atoms with Crippen LogP contribution in [0.3, 0.4) is 0 Å². The summed E-state index contributed by atoms with van der Waals surface area (Å²) in [5, 5.41) is 6.99. The normalized spacial score (nSPS) is 11.5. The highest BCUT2D eigenvalue weighted by Crippen LogP contribution is 2.33. The molecule has 0 unspecified atom stereocenters. The van der Waals surface area contributed by atoms with Gasteiger partial charge in [0.1, 0.15) is 17.3 Å². The van der Waals surface area contributed by atoms with Crippen LogP contribution >= 0.6 is 12.2 Å². The van der Waals surface area contributed by atoms with Gasteiger partial charge in [0.15, 0.2) is 5.82 Å². The van der Waals surface area contributed by atoms with Gasteiger partial charge in [-0.05, 0) is 48.6 Å². The van der Waals surface area contributed by atoms with Crippen molar-refractivity contribution in [2.75, 3.05) is 12.5 Å². The van der Waals surface area contributed by atoms with E-state index in [1.165, 1.54) is 6.07 Å². The number of para-hydroxylation sites is 1. The second-order valence-electron chi connectivity index (χ2n) is 6.57. The van der Waals surface area contributed by atoms with E-state index in [1.807, 2.05) is 24.3 Å². The molecule has 0 saturated heterocycles. The van der Waals surface area contributed by atoms with Crippen molar-refractivity contribution >= 4 is 12.2 Å². The zero-order valence-corrected chi connectivity index (χ0v) is 17.1. The Morgan fingerprint density at radius 2 is 1.94 bits per heavy atom. The van der Waals surface area contributed by atoms with Gasteiger partial charge in [-0.3, -0.25) is 0 Å². The van der Waals surface area contributed by atoms with Crippen molar-refractivity contribution in [3.05, 3.63) is 76.8 Å². The molecule has 0 aliphatic carbocycles. The molecule has 4 rings (SSSR count). The van der Waals surface area contributed by atoms with Crippen LogP contribution in [0, 0.1) is 4.77 Å². The molecule has 2 aromatic carbocycles. The van der Waals surface area contributed by atoms with Crippen LogP contribution in [0.4, 0.5) is 13.2 Å². The first-order valence-corrected chi connectivity index (χ1v) is 9.58. The molecule has 0 radical (unpaired) electrons. The number of ether oxygens (including phenoxy) is 1. The Hall–Kier alpha value is -3.53. The first kappa shape index (κ1) is 20.7. The summed E-state index contributed by atoms with van der Waals surface area (Å²) in [6, 6.07) is 15.7. The van der Waals surface area contributed by atoms with Crippen LogP contribution in [0.15, 0.2) is 65.1 Å². The van der Waals surface area contributed by atoms with Gasteiger partial charge in [0, 0.05) is 5.56 Å². The van der Waals surface area contributed by atoms with E-state index in [0.29, 0.717) is 33.4 Å². The van der Waals surface area contributed by atoms with Gasteiger partial charge in [-0.25, -0.2) is 9.77 Å². The molecule has 0 amide bonds. The van der Waals surface area contributed by atoms with Crippen molar-refractivity contribution in [2.45, 2.75) is 12.7 Å². The average molecular weight is 446 g/mol. The number of benzene rings is 2. The van der Waals surface area contributed by atoms with Gasteiger partial charge in [0.05, 0.1) is 24.8 Å². The zero-order chi connectivity index (χ0) is 22.0. The van der Waals surface area contributed by atoms with Gasteiger partial charge < -0.3 is 14.6 Å². The number of halogens is 3. The van der Waals surface area contributed by atoms with Crippen molar-refractivity contribution in [1.29, 1.82) is 0 Å². The summed E-state index contributed by atoms with van der Waals surface area (Å²) >= 11 is 5.30. The third-order valence-electron chi connectivity index (χ3n) is 4.57. The van der Waals surface area contributed by atoms with Gasteiger partial charge in [-0.1, -0.05) is 24.3 Å². The maximum Gasteiger partial charge on any atom is 0.416 e. The molecule has 2 N–H and O–H groups in total. The van der Waals surface area contributed by atoms with E-state index in [2.05, 4.69) is 15.6 Å². The Kier molecular flexibility index (Phi) is 5.55. The van der Waals surface area contributed by atoms with Gasteiger partial charge in [0.25, 0.3) is 0 Å². The Labute approximate surface area is 180 Å². The summed E-state index contributed by atoms with van der Waals surface area (Å²) in [4.78, 5) is 0. The monoisotopic (exact) mass is 446 g/mol. The molecule has 0 atom stereocenters. The Balaban J connectivity index is 1.56. The first-order chi connectivity index (χ1) is 14.9. The summed E-state index contributed by atoms with van der Waals surface area (Å²) in [6.07, 6.45) is -4.42. The molecule has 0 fully saturated rings. The van der Waals surface area contributed by atoms with Crippen molar-refractivity contribution in [3.8, 4) is 28.5 Å². The number of nitrogens with one attached hydrogen (secondary N) is 2. The lowest BCUT2D eigenvalue weighted by molar-refractivity contribution is -0.137. The van der Waals surface area contributed by atoms with E-state index in [4.69, 9.17) is 21.4 Å². The minimum Gasteiger partial charge on any atom is -0.496 e. The fourth-order valence-corrected chi connectivity index (χ4v) is 3.28. The van der Waals surface area contributed by atoms with Crippen LogP contribution < -0.4 is 10.2 Å². The van der Waals surface area contributed by atoms with E-state index < -0.39 is 11.7 Å². The molecule has 2 heterocycles. The lowest BCUT2D eigenvalue weighted by Gasteiger charge is -2.11. The molecule has 0 aliphatic heterocycles. The van der Waals surface area contributed by atoms with Crippen LogP contribution in [0.2, 0.25) is 0 Å². The summed E-state index contributed by atoms with van der Waals surface area (Å²) in [6.45, 7) is 0.231. The predicted octanol–water partition coefficient (Wildman–Crippen LogP) is 5.64. The Morgan fingerprint density at radius 1 is 1.13 bits per heavy atom. The van der Waals surface area contributed by atoms with Crippen LogP contribution in [0.1, 0.15) is 11.3 Å². The fraction of sp³-hybridized carbons (Fsp3) is 0.143. The number of aromatic nitrogens is 3. The summed E-state index contributed by atoms with van der Waals surface area (Å²) in [5.41, 5.74) is 3.46. The maximum absolute atomic E-state index is 13.0. The van der Waals surface area contributed by atoms with Crippen LogP contribution in [0.5, 0.6) is 5.75 Å². The predicted molar refractivity (Wildman–Crippen MR) is 112 cm³/mol. The fourth-order valence-electron chi connectivity index (χ4n) is 3.09. The summed E-state index contributed by atoms with van der Waals surface area (Å²) in [5.74, 6) is 2.00. The lowest BCUT2D eigenvalue weighted by atomic mass is 10.1. The molecule has 0 spiro atoms. The van der Waals surface area contributed by atoms with E-state index in [1.54, 1.807) is 30.0 Å². The van der Waals surface area contributed by atoms with Crippen LogP contribution in [0.25, 0.3) is 22.7 Å². The molecule has 31 heavy (non-hydrogen) atoms. The smallest absolute Gasteiger partial charge is 0.416 e. The SMILES string of the molecule is COc1ccccc1-c1n[nH]c(=S)n1NCc1ccc(-c2cccc(C(F)(F)F)c2)o1. The number of methoxy groups -OCH3 is 1. The van der Waals surface area contributed by atoms with E-state index in [9.17, 15) is 13.2 Å². The molecule has 0 bridgehead atoms. The van der Waals surface area contributed by atoms with E-state index >= 15 is 0 Å². The minimum absolute atomic E-state index is 0.231. The minimum atomic E-state index is -4.42. The maximum atomic E-state index is 13.0. The van der Waals surface area contributed by atoms with Gasteiger partial charge >= 0.3 is 6.18 Å². The van der Waals surface area contributed by atoms with Gasteiger partial charge in [0.2, 0.25) is 4.77 Å². The van der Waals surface area contributed by atoms with Crippen molar-refractivity contribution < 1.29 is 22.3 Å². The number of hydrogen-bond donors (Lipinski definition) is 2. The number of hydrogen-bond acceptors (Lipinski definition) is 5. The lowest BCUT2D eigenvalue weighted by Crippen LogP contribution is -2.15. The zero-order valence-electron chi connectivity index (χ0n) is 16.2. The average Bonchev–Trinajstić information content (AvgIpc) is 3.38. The molecule has 4 aromatic rings. The van der Waals surface area contributed by atoms with Crippen molar-refractivity contribution in [1.82, 2.24) is 14.9 Å². The molecule has 0 saturated carbocycles. The number of alkyl halides is 3. The number of rotatable bonds is 6. The highest BCUT2D eigenvalue weighted by atomic mass is 32.1. The Bertz CT molecular complexity index is 1260. The van der Waals surface area contributed by atoms with Crippen molar-refractivity contribution in [3.63, 3.8) is 0 Å². The third kappa shape index (κ3) is 4.33. The number of aromatic amines is 1. The van der Waals surface area contributed by atoms with E-state index in [-0.39, 0.29) is 6.54 Å². The molecule has 10 heteroatoms. The first-order valence-electron chi connectivity index (χ1n) is 9.18. The van der Waals surface area contributed by atoms with Gasteiger partial charge in [-0.2, -0.15) is 18.3 Å². The molecule has 6 nitrogen and oxygen atoms in total. The number of H-pyrrole nitrogens is 1. The number of nitrogens with zero attached hydrogens (tertiary/aromatic N) is 2.